The Hall–Kier alpha value is -0.470. The molecule has 0 saturated heterocycles. The van der Waals surface area contributed by atoms with Gasteiger partial charge in [0, 0.05) is 0 Å². The van der Waals surface area contributed by atoms with Crippen LogP contribution in [0.2, 0.25) is 0 Å². The van der Waals surface area contributed by atoms with Crippen LogP contribution in [0, 0.1) is 4.93 Å². The van der Waals surface area contributed by atoms with Gasteiger partial charge in [0.15, 0.2) is 0 Å². The molecule has 0 nitrogen and oxygen atoms in total. The summed E-state index contributed by atoms with van der Waals surface area (Å²) in [5, 5.41) is 0. The SMILES string of the molecule is [CH2-]I.[Li+].c1cc[c]([Ge]([c]2ccccc2)[c]2ccccc2)cc1. The molecule has 0 fully saturated rings. The number of halogens is 1. The Balaban J connectivity index is 0.000000775. The molecule has 0 spiro atoms. The van der Waals surface area contributed by atoms with E-state index in [0.29, 0.717) is 0 Å². The molecule has 0 N–H and O–H groups in total. The van der Waals surface area contributed by atoms with E-state index in [2.05, 4.69) is 95.9 Å². The average Bonchev–Trinajstić information content (AvgIpc) is 2.60. The zero-order valence-electron chi connectivity index (χ0n) is 12.7. The van der Waals surface area contributed by atoms with Crippen molar-refractivity contribution in [1.82, 2.24) is 0 Å². The van der Waals surface area contributed by atoms with Crippen molar-refractivity contribution in [3.05, 3.63) is 95.9 Å². The van der Waals surface area contributed by atoms with Gasteiger partial charge >= 0.3 is 137 Å². The summed E-state index contributed by atoms with van der Waals surface area (Å²) >= 11 is 0.268. The molecule has 0 saturated carbocycles. The van der Waals surface area contributed by atoms with Crippen LogP contribution in [0.15, 0.2) is 91.0 Å². The Bertz CT molecular complexity index is 535. The molecule has 0 unspecified atom stereocenters. The first kappa shape index (κ1) is 19.6. The standard InChI is InChI=1S/C18H15Ge.CH2I.Li/c1-4-10-16(11-5-1)19(17-12-6-2-7-13-17)18-14-8-3-9-15-18;1-2;/h1-15H;1H2;/q;-1;+1. The number of hydrogen-bond acceptors (Lipinski definition) is 0. The van der Waals surface area contributed by atoms with Crippen LogP contribution in [0.3, 0.4) is 0 Å². The molecule has 0 aliphatic heterocycles. The van der Waals surface area contributed by atoms with E-state index < -0.39 is 14.3 Å². The average molecular weight is 452 g/mol. The van der Waals surface area contributed by atoms with Crippen LogP contribution >= 0.6 is 22.6 Å². The molecular weight excluding hydrogens is 435 g/mol. The number of hydrogen-bond donors (Lipinski definition) is 0. The van der Waals surface area contributed by atoms with Crippen LogP contribution in [0.4, 0.5) is 0 Å². The quantitative estimate of drug-likeness (QED) is 0.308. The van der Waals surface area contributed by atoms with Gasteiger partial charge < -0.3 is 22.6 Å². The van der Waals surface area contributed by atoms with Gasteiger partial charge in [-0.05, 0) is 0 Å². The number of benzene rings is 3. The van der Waals surface area contributed by atoms with Gasteiger partial charge in [-0.1, -0.05) is 0 Å². The summed E-state index contributed by atoms with van der Waals surface area (Å²) in [7, 11) is 0. The molecule has 3 rings (SSSR count). The molecule has 0 bridgehead atoms. The van der Waals surface area contributed by atoms with Crippen molar-refractivity contribution in [2.45, 2.75) is 0 Å². The fourth-order valence-corrected chi connectivity index (χ4v) is 7.72. The Morgan fingerprint density at radius 1 is 0.500 bits per heavy atom. The molecule has 3 aromatic carbocycles. The molecule has 0 aliphatic rings. The molecule has 0 atom stereocenters. The van der Waals surface area contributed by atoms with E-state index in [4.69, 9.17) is 0 Å². The number of rotatable bonds is 3. The van der Waals surface area contributed by atoms with Gasteiger partial charge in [-0.3, -0.25) is 4.93 Å². The maximum atomic E-state index is 3.22. The van der Waals surface area contributed by atoms with Crippen LogP contribution in [0.25, 0.3) is 0 Å². The van der Waals surface area contributed by atoms with Gasteiger partial charge in [-0.25, -0.2) is 0 Å². The molecule has 0 aromatic heterocycles. The van der Waals surface area contributed by atoms with Gasteiger partial charge in [-0.15, -0.1) is 0 Å². The maximum absolute atomic E-state index is 3.22. The van der Waals surface area contributed by atoms with E-state index in [9.17, 15) is 0 Å². The molecule has 105 valence electrons. The van der Waals surface area contributed by atoms with Crippen LogP contribution in [-0.4, -0.2) is 14.3 Å². The molecular formula is C19H17GeILi. The summed E-state index contributed by atoms with van der Waals surface area (Å²) in [6.45, 7) is 0. The zero-order chi connectivity index (χ0) is 14.9. The van der Waals surface area contributed by atoms with E-state index in [-0.39, 0.29) is 18.9 Å². The van der Waals surface area contributed by atoms with Crippen LogP contribution in [0.5, 0.6) is 0 Å². The predicted octanol–water partition coefficient (Wildman–Crippen LogP) is 0.420. The normalized spacial score (nSPS) is 9.41. The third-order valence-corrected chi connectivity index (χ3v) is 8.92. The van der Waals surface area contributed by atoms with Crippen molar-refractivity contribution in [1.29, 1.82) is 0 Å². The summed E-state index contributed by atoms with van der Waals surface area (Å²) in [6.07, 6.45) is 0. The van der Waals surface area contributed by atoms with Gasteiger partial charge in [0.25, 0.3) is 0 Å². The van der Waals surface area contributed by atoms with Crippen molar-refractivity contribution in [2.24, 2.45) is 0 Å². The second-order valence-corrected chi connectivity index (χ2v) is 9.68. The second-order valence-electron chi connectivity index (χ2n) is 4.47. The van der Waals surface area contributed by atoms with Crippen LogP contribution in [0.1, 0.15) is 0 Å². The van der Waals surface area contributed by atoms with Crippen molar-refractivity contribution < 1.29 is 18.9 Å². The van der Waals surface area contributed by atoms with E-state index in [1.54, 1.807) is 0 Å². The molecule has 1 radical (unpaired) electrons. The van der Waals surface area contributed by atoms with Crippen molar-refractivity contribution in [2.75, 3.05) is 0 Å². The summed E-state index contributed by atoms with van der Waals surface area (Å²) in [6, 6.07) is 32.8. The van der Waals surface area contributed by atoms with Crippen LogP contribution < -0.4 is 32.0 Å². The van der Waals surface area contributed by atoms with Crippen molar-refractivity contribution in [3.8, 4) is 0 Å². The summed E-state index contributed by atoms with van der Waals surface area (Å²) in [5.74, 6) is 0. The third-order valence-electron chi connectivity index (χ3n) is 3.19. The van der Waals surface area contributed by atoms with Crippen LogP contribution in [-0.2, 0) is 0 Å². The zero-order valence-corrected chi connectivity index (χ0v) is 17.0. The van der Waals surface area contributed by atoms with E-state index in [0.717, 1.165) is 0 Å². The van der Waals surface area contributed by atoms with Gasteiger partial charge in [-0.2, -0.15) is 0 Å². The fraction of sp³-hybridized carbons (Fsp3) is 0. The predicted molar refractivity (Wildman–Crippen MR) is 103 cm³/mol. The molecule has 3 aromatic rings. The Labute approximate surface area is 163 Å². The molecule has 0 heterocycles. The summed E-state index contributed by atoms with van der Waals surface area (Å²) in [4.78, 5) is 3.22. The summed E-state index contributed by atoms with van der Waals surface area (Å²) in [5.41, 5.74) is 0. The van der Waals surface area contributed by atoms with Gasteiger partial charge in [0.05, 0.1) is 0 Å². The minimum absolute atomic E-state index is 0. The fourth-order valence-electron chi connectivity index (χ4n) is 2.31. The van der Waals surface area contributed by atoms with Gasteiger partial charge in [0.2, 0.25) is 0 Å². The Kier molecular flexibility index (Phi) is 9.90. The monoisotopic (exact) mass is 453 g/mol. The Morgan fingerprint density at radius 2 is 0.727 bits per heavy atom. The minimum atomic E-state index is -1.63. The van der Waals surface area contributed by atoms with Gasteiger partial charge in [0.1, 0.15) is 0 Å². The Morgan fingerprint density at radius 3 is 0.955 bits per heavy atom. The van der Waals surface area contributed by atoms with Crippen molar-refractivity contribution >= 4 is 50.1 Å². The topological polar surface area (TPSA) is 0 Å². The second kappa shape index (κ2) is 11.1. The molecule has 3 heteroatoms. The third kappa shape index (κ3) is 5.31. The molecule has 22 heavy (non-hydrogen) atoms. The van der Waals surface area contributed by atoms with E-state index >= 15 is 0 Å². The molecule has 0 aliphatic carbocycles. The van der Waals surface area contributed by atoms with E-state index in [1.165, 1.54) is 13.2 Å². The van der Waals surface area contributed by atoms with Crippen molar-refractivity contribution in [3.63, 3.8) is 0 Å². The first-order valence-electron chi connectivity index (χ1n) is 6.75. The first-order chi connectivity index (χ1) is 10.4. The summed E-state index contributed by atoms with van der Waals surface area (Å²) < 4.78 is 4.50. The molecule has 0 amide bonds. The van der Waals surface area contributed by atoms with E-state index in [1.807, 2.05) is 22.6 Å². The first-order valence-corrected chi connectivity index (χ1v) is 11.4.